The first-order valence-corrected chi connectivity index (χ1v) is 7.27. The lowest BCUT2D eigenvalue weighted by molar-refractivity contribution is -0.119. The number of halogens is 1. The summed E-state index contributed by atoms with van der Waals surface area (Å²) in [5.41, 5.74) is 1.93. The van der Waals surface area contributed by atoms with Crippen LogP contribution in [0.5, 0.6) is 5.75 Å². The van der Waals surface area contributed by atoms with Crippen LogP contribution in [0.4, 0.5) is 5.69 Å². The fraction of sp³-hybridized carbons (Fsp3) is 0.125. The van der Waals surface area contributed by atoms with Crippen LogP contribution >= 0.6 is 15.9 Å². The molecule has 0 fully saturated rings. The first-order chi connectivity index (χ1) is 10.5. The molecular weight excluding hydrogens is 350 g/mol. The molecule has 5 nitrogen and oxygen atoms in total. The van der Waals surface area contributed by atoms with Crippen LogP contribution < -0.4 is 5.32 Å². The molecule has 1 amide bonds. The van der Waals surface area contributed by atoms with E-state index in [1.807, 2.05) is 19.1 Å². The first kappa shape index (κ1) is 16.0. The van der Waals surface area contributed by atoms with Crippen LogP contribution in [-0.4, -0.2) is 23.6 Å². The molecule has 0 atom stereocenters. The predicted molar refractivity (Wildman–Crippen MR) is 85.9 cm³/mol. The summed E-state index contributed by atoms with van der Waals surface area (Å²) >= 11 is 3.35. The molecule has 22 heavy (non-hydrogen) atoms. The fourth-order valence-corrected chi connectivity index (χ4v) is 2.31. The minimum Gasteiger partial charge on any atom is -0.508 e. The lowest BCUT2D eigenvalue weighted by Gasteiger charge is -2.09. The molecule has 0 bridgehead atoms. The van der Waals surface area contributed by atoms with Gasteiger partial charge in [0.2, 0.25) is 0 Å². The van der Waals surface area contributed by atoms with E-state index in [9.17, 15) is 9.59 Å². The van der Waals surface area contributed by atoms with Crippen molar-refractivity contribution >= 4 is 33.5 Å². The number of phenolic OH excluding ortho intramolecular Hbond substituents is 1. The summed E-state index contributed by atoms with van der Waals surface area (Å²) in [5.74, 6) is -1.01. The maximum Gasteiger partial charge on any atom is 0.338 e. The van der Waals surface area contributed by atoms with E-state index in [1.54, 1.807) is 6.07 Å². The van der Waals surface area contributed by atoms with E-state index in [-0.39, 0.29) is 17.9 Å². The Kier molecular flexibility index (Phi) is 5.16. The molecule has 114 valence electrons. The molecule has 2 aromatic rings. The van der Waals surface area contributed by atoms with Gasteiger partial charge in [-0.1, -0.05) is 6.07 Å². The van der Waals surface area contributed by atoms with Crippen molar-refractivity contribution in [1.82, 2.24) is 0 Å². The number of carbonyl (C=O) groups excluding carboxylic acids is 2. The molecule has 0 saturated carbocycles. The first-order valence-electron chi connectivity index (χ1n) is 6.48. The van der Waals surface area contributed by atoms with E-state index in [2.05, 4.69) is 21.2 Å². The molecule has 0 unspecified atom stereocenters. The summed E-state index contributed by atoms with van der Waals surface area (Å²) in [6.07, 6.45) is 0. The molecule has 0 aliphatic carbocycles. The van der Waals surface area contributed by atoms with Gasteiger partial charge < -0.3 is 15.2 Å². The Balaban J connectivity index is 1.89. The zero-order chi connectivity index (χ0) is 16.1. The van der Waals surface area contributed by atoms with Gasteiger partial charge in [-0.2, -0.15) is 0 Å². The van der Waals surface area contributed by atoms with Gasteiger partial charge in [-0.3, -0.25) is 4.79 Å². The van der Waals surface area contributed by atoms with Gasteiger partial charge in [0.1, 0.15) is 5.75 Å². The van der Waals surface area contributed by atoms with Gasteiger partial charge in [0.25, 0.3) is 5.91 Å². The molecule has 2 aromatic carbocycles. The minimum absolute atomic E-state index is 0.0542. The highest BCUT2D eigenvalue weighted by molar-refractivity contribution is 9.10. The SMILES string of the molecule is Cc1ccc(NC(=O)COC(=O)c2ccc(O)cc2)c(Br)c1. The highest BCUT2D eigenvalue weighted by Gasteiger charge is 2.11. The second kappa shape index (κ2) is 7.09. The lowest BCUT2D eigenvalue weighted by Crippen LogP contribution is -2.21. The van der Waals surface area contributed by atoms with Crippen molar-refractivity contribution in [2.24, 2.45) is 0 Å². The largest absolute Gasteiger partial charge is 0.508 e. The van der Waals surface area contributed by atoms with Gasteiger partial charge in [0.05, 0.1) is 11.3 Å². The molecular formula is C16H14BrNO4. The van der Waals surface area contributed by atoms with Gasteiger partial charge in [-0.25, -0.2) is 4.79 Å². The monoisotopic (exact) mass is 363 g/mol. The standard InChI is InChI=1S/C16H14BrNO4/c1-10-2-7-14(13(17)8-10)18-15(20)9-22-16(21)11-3-5-12(19)6-4-11/h2-8,19H,9H2,1H3,(H,18,20). The third kappa shape index (κ3) is 4.33. The number of aryl methyl sites for hydroxylation is 1. The highest BCUT2D eigenvalue weighted by Crippen LogP contribution is 2.23. The van der Waals surface area contributed by atoms with Crippen molar-refractivity contribution in [3.8, 4) is 5.75 Å². The Morgan fingerprint density at radius 1 is 1.18 bits per heavy atom. The number of benzene rings is 2. The molecule has 0 aromatic heterocycles. The average Bonchev–Trinajstić information content (AvgIpc) is 2.48. The van der Waals surface area contributed by atoms with E-state index in [0.717, 1.165) is 10.0 Å². The summed E-state index contributed by atoms with van der Waals surface area (Å²) in [7, 11) is 0. The summed E-state index contributed by atoms with van der Waals surface area (Å²) in [6.45, 7) is 1.55. The van der Waals surface area contributed by atoms with Crippen LogP contribution in [-0.2, 0) is 9.53 Å². The van der Waals surface area contributed by atoms with Crippen LogP contribution in [0, 0.1) is 6.92 Å². The normalized spacial score (nSPS) is 10.1. The number of hydrogen-bond acceptors (Lipinski definition) is 4. The number of anilines is 1. The van der Waals surface area contributed by atoms with E-state index < -0.39 is 11.9 Å². The van der Waals surface area contributed by atoms with Gasteiger partial charge in [0.15, 0.2) is 6.61 Å². The van der Waals surface area contributed by atoms with E-state index >= 15 is 0 Å². The number of carbonyl (C=O) groups is 2. The van der Waals surface area contributed by atoms with Crippen molar-refractivity contribution in [2.75, 3.05) is 11.9 Å². The summed E-state index contributed by atoms with van der Waals surface area (Å²) in [4.78, 5) is 23.5. The van der Waals surface area contributed by atoms with Crippen molar-refractivity contribution in [3.63, 3.8) is 0 Å². The highest BCUT2D eigenvalue weighted by atomic mass is 79.9. The van der Waals surface area contributed by atoms with Gasteiger partial charge >= 0.3 is 5.97 Å². The smallest absolute Gasteiger partial charge is 0.338 e. The molecule has 2 N–H and O–H groups in total. The molecule has 0 aliphatic heterocycles. The summed E-state index contributed by atoms with van der Waals surface area (Å²) in [5, 5.41) is 11.8. The van der Waals surface area contributed by atoms with Crippen LogP contribution in [0.3, 0.4) is 0 Å². The molecule has 0 heterocycles. The summed E-state index contributed by atoms with van der Waals surface area (Å²) in [6, 6.07) is 11.1. The van der Waals surface area contributed by atoms with Crippen molar-refractivity contribution < 1.29 is 19.4 Å². The Hall–Kier alpha value is -2.34. The quantitative estimate of drug-likeness (QED) is 0.817. The maximum atomic E-state index is 11.8. The topological polar surface area (TPSA) is 75.6 Å². The molecule has 0 aliphatic rings. The number of esters is 1. The zero-order valence-corrected chi connectivity index (χ0v) is 13.4. The number of phenols is 1. The van der Waals surface area contributed by atoms with Crippen molar-refractivity contribution in [3.05, 3.63) is 58.1 Å². The Labute approximate surface area is 136 Å². The molecule has 6 heteroatoms. The molecule has 0 saturated heterocycles. The number of aromatic hydroxyl groups is 1. The molecule has 2 rings (SSSR count). The Morgan fingerprint density at radius 2 is 1.86 bits per heavy atom. The van der Waals surface area contributed by atoms with Crippen molar-refractivity contribution in [2.45, 2.75) is 6.92 Å². The number of rotatable bonds is 4. The number of hydrogen-bond donors (Lipinski definition) is 2. The predicted octanol–water partition coefficient (Wildman–Crippen LogP) is 3.26. The average molecular weight is 364 g/mol. The zero-order valence-electron chi connectivity index (χ0n) is 11.8. The van der Waals surface area contributed by atoms with E-state index in [4.69, 9.17) is 9.84 Å². The van der Waals surface area contributed by atoms with Crippen LogP contribution in [0.2, 0.25) is 0 Å². The Morgan fingerprint density at radius 3 is 2.50 bits per heavy atom. The van der Waals surface area contributed by atoms with Crippen LogP contribution in [0.25, 0.3) is 0 Å². The minimum atomic E-state index is -0.627. The fourth-order valence-electron chi connectivity index (χ4n) is 1.72. The number of ether oxygens (including phenoxy) is 1. The maximum absolute atomic E-state index is 11.8. The third-order valence-electron chi connectivity index (χ3n) is 2.84. The van der Waals surface area contributed by atoms with Gasteiger partial charge in [-0.15, -0.1) is 0 Å². The Bertz CT molecular complexity index is 698. The second-order valence-corrected chi connectivity index (χ2v) is 5.51. The van der Waals surface area contributed by atoms with Crippen LogP contribution in [0.15, 0.2) is 46.9 Å². The molecule has 0 radical (unpaired) electrons. The third-order valence-corrected chi connectivity index (χ3v) is 3.49. The van der Waals surface area contributed by atoms with Crippen LogP contribution in [0.1, 0.15) is 15.9 Å². The van der Waals surface area contributed by atoms with E-state index in [1.165, 1.54) is 24.3 Å². The number of amides is 1. The molecule has 0 spiro atoms. The summed E-state index contributed by atoms with van der Waals surface area (Å²) < 4.78 is 5.67. The van der Waals surface area contributed by atoms with E-state index in [0.29, 0.717) is 5.69 Å². The van der Waals surface area contributed by atoms with Crippen molar-refractivity contribution in [1.29, 1.82) is 0 Å². The second-order valence-electron chi connectivity index (χ2n) is 4.65. The lowest BCUT2D eigenvalue weighted by atomic mass is 10.2. The van der Waals surface area contributed by atoms with Gasteiger partial charge in [-0.05, 0) is 64.8 Å². The van der Waals surface area contributed by atoms with Gasteiger partial charge in [0, 0.05) is 4.47 Å². The number of nitrogens with one attached hydrogen (secondary N) is 1.